The molecule has 39 heavy (non-hydrogen) atoms. The zero-order valence-corrected chi connectivity index (χ0v) is 21.1. The topological polar surface area (TPSA) is 13.1 Å². The van der Waals surface area contributed by atoms with Crippen molar-refractivity contribution in [3.63, 3.8) is 0 Å². The van der Waals surface area contributed by atoms with Gasteiger partial charge in [-0.15, -0.1) is 0 Å². The summed E-state index contributed by atoms with van der Waals surface area (Å²) in [6.45, 7) is 0. The Labute approximate surface area is 225 Å². The molecule has 1 aliphatic carbocycles. The smallest absolute Gasteiger partial charge is 0.136 e. The van der Waals surface area contributed by atoms with Gasteiger partial charge in [0.2, 0.25) is 0 Å². The van der Waals surface area contributed by atoms with Crippen LogP contribution in [0.2, 0.25) is 0 Å². The minimum Gasteiger partial charge on any atom is -0.456 e. The zero-order valence-electron chi connectivity index (χ0n) is 21.1. The number of furan rings is 1. The van der Waals surface area contributed by atoms with Gasteiger partial charge in [-0.1, -0.05) is 109 Å². The zero-order chi connectivity index (χ0) is 25.5. The number of hydrogen-bond donors (Lipinski definition) is 0. The van der Waals surface area contributed by atoms with Gasteiger partial charge in [0, 0.05) is 10.8 Å². The Kier molecular flexibility index (Phi) is 4.11. The summed E-state index contributed by atoms with van der Waals surface area (Å²) in [4.78, 5) is 0. The maximum absolute atomic E-state index is 6.14. The van der Waals surface area contributed by atoms with Crippen molar-refractivity contribution in [2.75, 3.05) is 0 Å². The highest BCUT2D eigenvalue weighted by atomic mass is 16.3. The molecule has 0 fully saturated rings. The summed E-state index contributed by atoms with van der Waals surface area (Å²) in [7, 11) is 0. The quantitative estimate of drug-likeness (QED) is 0.233. The molecule has 0 aliphatic heterocycles. The molecule has 1 nitrogen and oxygen atoms in total. The van der Waals surface area contributed by atoms with Gasteiger partial charge >= 0.3 is 0 Å². The average molecular weight is 495 g/mol. The van der Waals surface area contributed by atoms with Crippen molar-refractivity contribution >= 4 is 43.5 Å². The molecule has 0 saturated carbocycles. The van der Waals surface area contributed by atoms with Crippen LogP contribution in [0.3, 0.4) is 0 Å². The van der Waals surface area contributed by atoms with Crippen molar-refractivity contribution in [3.05, 3.63) is 133 Å². The molecule has 0 unspecified atom stereocenters. The fourth-order valence-electron chi connectivity index (χ4n) is 6.66. The average Bonchev–Trinajstić information content (AvgIpc) is 3.54. The van der Waals surface area contributed by atoms with Crippen molar-refractivity contribution in [2.45, 2.75) is 0 Å². The fourth-order valence-corrected chi connectivity index (χ4v) is 6.66. The maximum atomic E-state index is 6.14. The van der Waals surface area contributed by atoms with Gasteiger partial charge in [-0.25, -0.2) is 0 Å². The first-order valence-corrected chi connectivity index (χ1v) is 13.4. The molecule has 1 aliphatic rings. The van der Waals surface area contributed by atoms with Crippen LogP contribution < -0.4 is 0 Å². The van der Waals surface area contributed by atoms with E-state index in [2.05, 4.69) is 121 Å². The summed E-state index contributed by atoms with van der Waals surface area (Å²) in [5, 5.41) is 7.50. The predicted molar refractivity (Wildman–Crippen MR) is 164 cm³/mol. The first kappa shape index (κ1) is 20.9. The molecular formula is C38H22O. The number of para-hydroxylation sites is 1. The van der Waals surface area contributed by atoms with E-state index < -0.39 is 0 Å². The molecule has 0 atom stereocenters. The Morgan fingerprint density at radius 2 is 0.897 bits per heavy atom. The summed E-state index contributed by atoms with van der Waals surface area (Å²) < 4.78 is 6.14. The van der Waals surface area contributed by atoms with E-state index in [-0.39, 0.29) is 0 Å². The SMILES string of the molecule is c1ccc2c(c1)-c1cccc3c(-c4ccc5cc(-c6cccc7oc8ccccc8c67)ccc5c4)ccc-2c13. The molecule has 8 aromatic rings. The Hall–Kier alpha value is -5.14. The van der Waals surface area contributed by atoms with Crippen molar-refractivity contribution in [1.82, 2.24) is 0 Å². The van der Waals surface area contributed by atoms with Crippen LogP contribution in [-0.4, -0.2) is 0 Å². The molecule has 1 heterocycles. The molecule has 9 rings (SSSR count). The summed E-state index contributed by atoms with van der Waals surface area (Å²) >= 11 is 0. The van der Waals surface area contributed by atoms with E-state index in [1.807, 2.05) is 12.1 Å². The van der Waals surface area contributed by atoms with Crippen LogP contribution in [0.4, 0.5) is 0 Å². The van der Waals surface area contributed by atoms with Gasteiger partial charge in [-0.2, -0.15) is 0 Å². The molecule has 1 heteroatoms. The van der Waals surface area contributed by atoms with E-state index in [0.29, 0.717) is 0 Å². The third-order valence-electron chi connectivity index (χ3n) is 8.41. The normalized spacial score (nSPS) is 12.1. The second-order valence-corrected chi connectivity index (χ2v) is 10.5. The minimum absolute atomic E-state index is 0.929. The monoisotopic (exact) mass is 494 g/mol. The summed E-state index contributed by atoms with van der Waals surface area (Å²) in [5.41, 5.74) is 12.1. The van der Waals surface area contributed by atoms with Gasteiger partial charge in [0.15, 0.2) is 0 Å². The number of rotatable bonds is 2. The van der Waals surface area contributed by atoms with Crippen LogP contribution in [0, 0.1) is 0 Å². The first-order valence-electron chi connectivity index (χ1n) is 13.4. The van der Waals surface area contributed by atoms with Crippen LogP contribution in [0.15, 0.2) is 138 Å². The lowest BCUT2D eigenvalue weighted by molar-refractivity contribution is 0.669. The molecule has 1 aromatic heterocycles. The standard InChI is InChI=1S/C38H22O/c1-2-8-30-29(7-1)32-12-5-11-31-27(19-20-33(30)37(31)32)25-17-15-24-22-26(18-16-23(24)21-25)28-10-6-14-36-38(28)34-9-3-4-13-35(34)39-36/h1-22H. The summed E-state index contributed by atoms with van der Waals surface area (Å²) in [6, 6.07) is 48.4. The third kappa shape index (κ3) is 2.90. The highest BCUT2D eigenvalue weighted by Gasteiger charge is 2.22. The molecule has 7 aromatic carbocycles. The van der Waals surface area contributed by atoms with Gasteiger partial charge in [-0.3, -0.25) is 0 Å². The number of benzene rings is 7. The van der Waals surface area contributed by atoms with Gasteiger partial charge in [-0.05, 0) is 90.3 Å². The highest BCUT2D eigenvalue weighted by molar-refractivity contribution is 6.19. The Balaban J connectivity index is 1.20. The lowest BCUT2D eigenvalue weighted by Crippen LogP contribution is -1.85. The van der Waals surface area contributed by atoms with Crippen LogP contribution >= 0.6 is 0 Å². The maximum Gasteiger partial charge on any atom is 0.136 e. The molecule has 0 radical (unpaired) electrons. The molecule has 0 bridgehead atoms. The van der Waals surface area contributed by atoms with Gasteiger partial charge in [0.25, 0.3) is 0 Å². The molecular weight excluding hydrogens is 472 g/mol. The van der Waals surface area contributed by atoms with Crippen molar-refractivity contribution in [1.29, 1.82) is 0 Å². The van der Waals surface area contributed by atoms with Gasteiger partial charge < -0.3 is 4.42 Å². The van der Waals surface area contributed by atoms with Crippen LogP contribution in [0.5, 0.6) is 0 Å². The highest BCUT2D eigenvalue weighted by Crippen LogP contribution is 2.49. The summed E-state index contributed by atoms with van der Waals surface area (Å²) in [6.07, 6.45) is 0. The summed E-state index contributed by atoms with van der Waals surface area (Å²) in [5.74, 6) is 0. The molecule has 0 saturated heterocycles. The van der Waals surface area contributed by atoms with E-state index in [4.69, 9.17) is 4.42 Å². The second-order valence-electron chi connectivity index (χ2n) is 10.5. The van der Waals surface area contributed by atoms with Gasteiger partial charge in [0.1, 0.15) is 11.2 Å². The molecule has 0 spiro atoms. The van der Waals surface area contributed by atoms with Crippen LogP contribution in [-0.2, 0) is 0 Å². The fraction of sp³-hybridized carbons (Fsp3) is 0. The van der Waals surface area contributed by atoms with E-state index in [0.717, 1.165) is 16.6 Å². The Morgan fingerprint density at radius 1 is 0.333 bits per heavy atom. The lowest BCUT2D eigenvalue weighted by Gasteiger charge is -2.11. The van der Waals surface area contributed by atoms with Crippen molar-refractivity contribution in [2.24, 2.45) is 0 Å². The molecule has 0 amide bonds. The van der Waals surface area contributed by atoms with E-state index in [9.17, 15) is 0 Å². The van der Waals surface area contributed by atoms with E-state index >= 15 is 0 Å². The Morgan fingerprint density at radius 3 is 1.72 bits per heavy atom. The second kappa shape index (κ2) is 7.69. The van der Waals surface area contributed by atoms with E-state index in [1.165, 1.54) is 71.4 Å². The van der Waals surface area contributed by atoms with Crippen molar-refractivity contribution in [3.8, 4) is 44.5 Å². The number of fused-ring (bicyclic) bond motifs is 7. The minimum atomic E-state index is 0.929. The number of hydrogen-bond acceptors (Lipinski definition) is 1. The Bertz CT molecular complexity index is 2250. The molecule has 180 valence electrons. The van der Waals surface area contributed by atoms with Gasteiger partial charge in [0.05, 0.1) is 0 Å². The third-order valence-corrected chi connectivity index (χ3v) is 8.41. The molecule has 0 N–H and O–H groups in total. The lowest BCUT2D eigenvalue weighted by atomic mass is 9.92. The largest absolute Gasteiger partial charge is 0.456 e. The van der Waals surface area contributed by atoms with Crippen molar-refractivity contribution < 1.29 is 4.42 Å². The van der Waals surface area contributed by atoms with Crippen LogP contribution in [0.1, 0.15) is 0 Å². The van der Waals surface area contributed by atoms with Crippen LogP contribution in [0.25, 0.3) is 88.0 Å². The van der Waals surface area contributed by atoms with E-state index in [1.54, 1.807) is 0 Å². The predicted octanol–water partition coefficient (Wildman–Crippen LogP) is 10.9. The first-order chi connectivity index (χ1) is 19.3.